The number of ether oxygens (including phenoxy) is 3. The molecule has 2 heterocycles. The van der Waals surface area contributed by atoms with Gasteiger partial charge in [0.15, 0.2) is 11.5 Å². The van der Waals surface area contributed by atoms with Gasteiger partial charge in [0.25, 0.3) is 0 Å². The van der Waals surface area contributed by atoms with Crippen LogP contribution in [-0.4, -0.2) is 32.5 Å². The van der Waals surface area contributed by atoms with E-state index in [0.29, 0.717) is 12.3 Å². The molecule has 0 aliphatic carbocycles. The Bertz CT molecular complexity index is 1390. The fourth-order valence-corrected chi connectivity index (χ4v) is 5.02. The van der Waals surface area contributed by atoms with E-state index in [-0.39, 0.29) is 45.3 Å². The fourth-order valence-electron chi connectivity index (χ4n) is 5.02. The molecule has 8 heteroatoms. The van der Waals surface area contributed by atoms with Crippen molar-refractivity contribution in [2.24, 2.45) is 0 Å². The molecule has 1 aliphatic heterocycles. The van der Waals surface area contributed by atoms with Gasteiger partial charge in [-0.1, -0.05) is 65.1 Å². The predicted octanol–water partition coefficient (Wildman–Crippen LogP) is 7.75. The minimum absolute atomic E-state index is 0. The molecule has 0 amide bonds. The smallest absolute Gasteiger partial charge is 0.161 e. The van der Waals surface area contributed by atoms with Crippen LogP contribution in [0.3, 0.4) is 0 Å². The van der Waals surface area contributed by atoms with E-state index in [1.54, 1.807) is 20.3 Å². The second-order valence-corrected chi connectivity index (χ2v) is 9.89. The Morgan fingerprint density at radius 1 is 0.951 bits per heavy atom. The van der Waals surface area contributed by atoms with Crippen molar-refractivity contribution >= 4 is 0 Å². The van der Waals surface area contributed by atoms with Gasteiger partial charge in [-0.05, 0) is 73.2 Å². The number of nitrogens with zero attached hydrogens (tertiary/aromatic N) is 2. The van der Waals surface area contributed by atoms with Crippen LogP contribution in [0.25, 0.3) is 11.1 Å². The van der Waals surface area contributed by atoms with Gasteiger partial charge in [-0.25, -0.2) is 0 Å². The van der Waals surface area contributed by atoms with Crippen molar-refractivity contribution in [2.45, 2.75) is 52.6 Å². The Morgan fingerprint density at radius 2 is 1.76 bits per heavy atom. The number of methoxy groups -OCH3 is 2. The van der Waals surface area contributed by atoms with Crippen molar-refractivity contribution in [3.05, 3.63) is 117 Å². The fraction of sp³-hybridized carbons (Fsp3) is 0.364. The Kier molecular flexibility index (Phi) is 12.9. The van der Waals surface area contributed by atoms with Crippen molar-refractivity contribution in [1.82, 2.24) is 5.16 Å². The van der Waals surface area contributed by atoms with E-state index in [1.165, 1.54) is 45.2 Å². The number of benzene rings is 3. The van der Waals surface area contributed by atoms with E-state index < -0.39 is 0 Å². The number of hydrogen-bond donors (Lipinski definition) is 0. The third-order valence-corrected chi connectivity index (χ3v) is 7.19. The first kappa shape index (κ1) is 32.8. The molecule has 7 nitrogen and oxygen atoms in total. The molecule has 1 atom stereocenters. The topological polar surface area (TPSA) is 91.6 Å². The maximum absolute atomic E-state index is 6.74. The number of aromatic nitrogens is 1. The quantitative estimate of drug-likeness (QED) is 0.189. The molecule has 1 radical (unpaired) electrons. The van der Waals surface area contributed by atoms with Gasteiger partial charge in [0.05, 0.1) is 26.5 Å². The van der Waals surface area contributed by atoms with E-state index in [0.717, 1.165) is 43.1 Å². The van der Waals surface area contributed by atoms with Crippen LogP contribution in [0.15, 0.2) is 65.4 Å². The summed E-state index contributed by atoms with van der Waals surface area (Å²) in [5.74, 6) is 2.51. The molecule has 1 aliphatic rings. The van der Waals surface area contributed by atoms with E-state index in [9.17, 15) is 0 Å². The zero-order chi connectivity index (χ0) is 28.5. The van der Waals surface area contributed by atoms with Crippen LogP contribution in [0.4, 0.5) is 0 Å². The number of nitrogens with one attached hydrogen (secondary N) is 1. The van der Waals surface area contributed by atoms with Crippen LogP contribution in [0.2, 0.25) is 0 Å². The Labute approximate surface area is 269 Å². The van der Waals surface area contributed by atoms with Gasteiger partial charge in [-0.3, -0.25) is 0 Å². The van der Waals surface area contributed by atoms with Gasteiger partial charge in [0.2, 0.25) is 0 Å². The first-order valence-electron chi connectivity index (χ1n) is 13.7. The summed E-state index contributed by atoms with van der Waals surface area (Å²) in [6.45, 7) is 8.03. The Balaban J connectivity index is 0.000000506. The second kappa shape index (κ2) is 16.1. The number of rotatable bonds is 9. The first-order valence-corrected chi connectivity index (χ1v) is 13.7. The minimum Gasteiger partial charge on any atom is -0.672 e. The molecule has 215 valence electrons. The summed E-state index contributed by atoms with van der Waals surface area (Å²) in [4.78, 5) is 0. The normalized spacial score (nSPS) is 13.8. The number of hydrogen-bond acceptors (Lipinski definition) is 5. The Morgan fingerprint density at radius 3 is 2.39 bits per heavy atom. The van der Waals surface area contributed by atoms with E-state index in [2.05, 4.69) is 79.0 Å². The molecular formula is C33H39N3O4Y-2. The van der Waals surface area contributed by atoms with Gasteiger partial charge in [0.1, 0.15) is 12.0 Å². The Hall–Kier alpha value is -2.71. The molecule has 0 saturated heterocycles. The van der Waals surface area contributed by atoms with Gasteiger partial charge < -0.3 is 29.8 Å². The van der Waals surface area contributed by atoms with E-state index in [4.69, 9.17) is 25.3 Å². The summed E-state index contributed by atoms with van der Waals surface area (Å²) in [6, 6.07) is 19.0. The molecule has 0 bridgehead atoms. The predicted molar refractivity (Wildman–Crippen MR) is 159 cm³/mol. The third kappa shape index (κ3) is 8.42. The van der Waals surface area contributed by atoms with Crippen LogP contribution < -0.4 is 14.2 Å². The van der Waals surface area contributed by atoms with Gasteiger partial charge in [-0.15, -0.1) is 13.1 Å². The van der Waals surface area contributed by atoms with E-state index >= 15 is 0 Å². The monoisotopic (exact) mass is 630 g/mol. The molecule has 3 aromatic carbocycles. The average molecular weight is 631 g/mol. The van der Waals surface area contributed by atoms with Crippen molar-refractivity contribution < 1.29 is 51.4 Å². The van der Waals surface area contributed by atoms with E-state index in [1.807, 2.05) is 0 Å². The van der Waals surface area contributed by atoms with Crippen LogP contribution in [-0.2, 0) is 58.5 Å². The summed E-state index contributed by atoms with van der Waals surface area (Å²) in [5, 5.41) is 8.45. The van der Waals surface area contributed by atoms with Crippen molar-refractivity contribution in [1.29, 1.82) is 0 Å². The summed E-state index contributed by atoms with van der Waals surface area (Å²) >= 11 is 0. The maximum atomic E-state index is 6.74. The largest absolute Gasteiger partial charge is 0.672 e. The molecule has 5 rings (SSSR count). The molecule has 0 fully saturated rings. The molecule has 1 unspecified atom stereocenters. The first-order chi connectivity index (χ1) is 19.5. The molecule has 0 spiro atoms. The van der Waals surface area contributed by atoms with Gasteiger partial charge >= 0.3 is 0 Å². The number of aryl methyl sites for hydroxylation is 3. The summed E-state index contributed by atoms with van der Waals surface area (Å²) < 4.78 is 21.9. The summed E-state index contributed by atoms with van der Waals surface area (Å²) in [6.07, 6.45) is 4.14. The van der Waals surface area contributed by atoms with Gasteiger partial charge in [0, 0.05) is 39.1 Å². The van der Waals surface area contributed by atoms with Gasteiger partial charge in [-0.2, -0.15) is 0 Å². The summed E-state index contributed by atoms with van der Waals surface area (Å²) in [5.41, 5.74) is 16.2. The standard InChI is InChI=1S/C29H34NO3.C4H5N2O.Y/c1-6-22-9-8-21(16-26(22)31-4)12-14-33-28-18-25-23(17-27(28)32-5)11-13-30-29(25)24-10-7-19(2)15-20(24)3;5-3-4-1-2-7-6-4;/h7-10,15-18,29H,6,11-14H2,1-5H3;1-2,5H,3H2;/q2*-1;. The molecule has 1 aromatic heterocycles. The summed E-state index contributed by atoms with van der Waals surface area (Å²) in [7, 11) is 3.43. The van der Waals surface area contributed by atoms with Crippen molar-refractivity contribution in [3.63, 3.8) is 0 Å². The second-order valence-electron chi connectivity index (χ2n) is 9.89. The molecular weight excluding hydrogens is 591 g/mol. The van der Waals surface area contributed by atoms with Crippen molar-refractivity contribution in [3.8, 4) is 17.2 Å². The maximum Gasteiger partial charge on any atom is 0.161 e. The molecule has 0 saturated carbocycles. The molecule has 1 N–H and O–H groups in total. The zero-order valence-corrected chi connectivity index (χ0v) is 27.5. The van der Waals surface area contributed by atoms with Crippen LogP contribution in [0.5, 0.6) is 17.2 Å². The average Bonchev–Trinajstić information content (AvgIpc) is 3.51. The molecule has 41 heavy (non-hydrogen) atoms. The van der Waals surface area contributed by atoms with Crippen LogP contribution >= 0.6 is 0 Å². The SMILES string of the molecule is CCc1ccc(CCOc2cc3c(cc2OC)CC[N-]C3c2ccc(C)cc2C)cc1OC.[NH-]Cc1ccon1.[Y]. The number of fused-ring (bicyclic) bond motifs is 1. The molecule has 4 aromatic rings. The van der Waals surface area contributed by atoms with Crippen LogP contribution in [0.1, 0.15) is 57.6 Å². The van der Waals surface area contributed by atoms with Crippen molar-refractivity contribution in [2.75, 3.05) is 27.4 Å². The third-order valence-electron chi connectivity index (χ3n) is 7.19. The minimum atomic E-state index is 0. The van der Waals surface area contributed by atoms with Crippen LogP contribution in [0, 0.1) is 13.8 Å². The zero-order valence-electron chi connectivity index (χ0n) is 24.7.